The number of ether oxygens (including phenoxy) is 1. The van der Waals surface area contributed by atoms with Crippen molar-refractivity contribution < 1.29 is 22.7 Å². The summed E-state index contributed by atoms with van der Waals surface area (Å²) in [6.07, 6.45) is 2.82. The summed E-state index contributed by atoms with van der Waals surface area (Å²) in [4.78, 5) is 16.9. The van der Waals surface area contributed by atoms with E-state index in [9.17, 15) is 18.0 Å². The lowest BCUT2D eigenvalue weighted by Crippen LogP contribution is -2.24. The number of rotatable bonds is 5. The average molecular weight is 369 g/mol. The van der Waals surface area contributed by atoms with E-state index in [2.05, 4.69) is 4.98 Å². The highest BCUT2D eigenvalue weighted by Crippen LogP contribution is 2.22. The van der Waals surface area contributed by atoms with Gasteiger partial charge in [-0.05, 0) is 17.7 Å². The Hall–Kier alpha value is -2.54. The fourth-order valence-corrected chi connectivity index (χ4v) is 2.53. The van der Waals surface area contributed by atoms with Crippen LogP contribution >= 0.6 is 11.6 Å². The van der Waals surface area contributed by atoms with E-state index in [1.54, 1.807) is 17.0 Å². The first kappa shape index (κ1) is 17.3. The third-order valence-corrected chi connectivity index (χ3v) is 3.89. The molecule has 0 amide bonds. The highest BCUT2D eigenvalue weighted by Gasteiger charge is 2.21. The van der Waals surface area contributed by atoms with Crippen LogP contribution in [0.2, 0.25) is 5.15 Å². The molecule has 25 heavy (non-hydrogen) atoms. The Labute approximate surface area is 146 Å². The summed E-state index contributed by atoms with van der Waals surface area (Å²) in [7, 11) is 0. The predicted octanol–water partition coefficient (Wildman–Crippen LogP) is 3.60. The number of pyridine rings is 1. The van der Waals surface area contributed by atoms with Gasteiger partial charge in [-0.2, -0.15) is 0 Å². The number of halogens is 4. The van der Waals surface area contributed by atoms with Gasteiger partial charge in [0.05, 0.1) is 5.70 Å². The molecule has 130 valence electrons. The topological polar surface area (TPSA) is 42.4 Å². The van der Waals surface area contributed by atoms with Gasteiger partial charge < -0.3 is 9.64 Å². The van der Waals surface area contributed by atoms with Crippen LogP contribution in [0.1, 0.15) is 11.1 Å². The minimum absolute atomic E-state index is 0.0190. The molecule has 2 heterocycles. The summed E-state index contributed by atoms with van der Waals surface area (Å²) in [6.45, 7) is 0.199. The van der Waals surface area contributed by atoms with Crippen molar-refractivity contribution in [1.29, 1.82) is 0 Å². The van der Waals surface area contributed by atoms with Crippen LogP contribution in [0.25, 0.3) is 0 Å². The van der Waals surface area contributed by atoms with Crippen molar-refractivity contribution in [2.75, 3.05) is 6.61 Å². The Morgan fingerprint density at radius 3 is 2.52 bits per heavy atom. The molecular weight excluding hydrogens is 357 g/mol. The molecule has 2 aromatic rings. The summed E-state index contributed by atoms with van der Waals surface area (Å²) in [6, 6.07) is 4.62. The minimum atomic E-state index is -1.26. The SMILES string of the molecule is O=C1C=C(N(Cc2ccc(Cl)nc2)Cc2cc(F)c(F)cc2F)CO1. The van der Waals surface area contributed by atoms with Gasteiger partial charge in [0, 0.05) is 37.0 Å². The Balaban J connectivity index is 1.89. The Kier molecular flexibility index (Phi) is 4.94. The molecule has 0 unspecified atom stereocenters. The highest BCUT2D eigenvalue weighted by molar-refractivity contribution is 6.29. The number of carbonyl (C=O) groups excluding carboxylic acids is 1. The first-order valence-electron chi connectivity index (χ1n) is 7.28. The summed E-state index contributed by atoms with van der Waals surface area (Å²) >= 11 is 5.75. The van der Waals surface area contributed by atoms with E-state index in [0.717, 1.165) is 11.6 Å². The van der Waals surface area contributed by atoms with Gasteiger partial charge in [-0.1, -0.05) is 17.7 Å². The van der Waals surface area contributed by atoms with Gasteiger partial charge in [0.1, 0.15) is 17.6 Å². The molecule has 0 spiro atoms. The van der Waals surface area contributed by atoms with Crippen LogP contribution in [0.5, 0.6) is 0 Å². The van der Waals surface area contributed by atoms with Gasteiger partial charge in [0.15, 0.2) is 11.6 Å². The van der Waals surface area contributed by atoms with Gasteiger partial charge >= 0.3 is 5.97 Å². The fraction of sp³-hybridized carbons (Fsp3) is 0.176. The fourth-order valence-electron chi connectivity index (χ4n) is 2.42. The molecule has 1 aromatic carbocycles. The van der Waals surface area contributed by atoms with Gasteiger partial charge in [0.25, 0.3) is 0 Å². The van der Waals surface area contributed by atoms with Crippen molar-refractivity contribution in [1.82, 2.24) is 9.88 Å². The van der Waals surface area contributed by atoms with E-state index in [1.807, 2.05) is 0 Å². The maximum atomic E-state index is 14.0. The van der Waals surface area contributed by atoms with Crippen LogP contribution in [0.15, 0.2) is 42.2 Å². The number of esters is 1. The van der Waals surface area contributed by atoms with Crippen molar-refractivity contribution >= 4 is 17.6 Å². The van der Waals surface area contributed by atoms with Crippen molar-refractivity contribution in [2.24, 2.45) is 0 Å². The second kappa shape index (κ2) is 7.14. The largest absolute Gasteiger partial charge is 0.456 e. The molecule has 0 radical (unpaired) electrons. The first-order chi connectivity index (χ1) is 11.9. The second-order valence-corrected chi connectivity index (χ2v) is 5.83. The van der Waals surface area contributed by atoms with E-state index < -0.39 is 23.4 Å². The summed E-state index contributed by atoms with van der Waals surface area (Å²) in [5.74, 6) is -3.78. The molecule has 0 atom stereocenters. The summed E-state index contributed by atoms with van der Waals surface area (Å²) < 4.78 is 45.4. The molecule has 0 bridgehead atoms. The van der Waals surface area contributed by atoms with Crippen molar-refractivity contribution in [3.05, 3.63) is 76.0 Å². The van der Waals surface area contributed by atoms with E-state index in [0.29, 0.717) is 16.9 Å². The van der Waals surface area contributed by atoms with Gasteiger partial charge in [-0.25, -0.2) is 22.9 Å². The van der Waals surface area contributed by atoms with E-state index in [-0.39, 0.29) is 25.3 Å². The van der Waals surface area contributed by atoms with Crippen LogP contribution < -0.4 is 0 Å². The minimum Gasteiger partial charge on any atom is -0.456 e. The molecule has 0 saturated carbocycles. The number of hydrogen-bond donors (Lipinski definition) is 0. The predicted molar refractivity (Wildman–Crippen MR) is 83.9 cm³/mol. The standard InChI is InChI=1S/C17H12ClF3N2O2/c18-16-2-1-10(6-22-16)7-23(12-4-17(24)25-9-12)8-11-3-14(20)15(21)5-13(11)19/h1-6H,7-9H2. The molecule has 3 rings (SSSR count). The molecule has 1 aliphatic rings. The lowest BCUT2D eigenvalue weighted by molar-refractivity contribution is -0.135. The molecule has 0 fully saturated rings. The smallest absolute Gasteiger partial charge is 0.333 e. The molecule has 1 aromatic heterocycles. The van der Waals surface area contributed by atoms with Crippen molar-refractivity contribution in [3.8, 4) is 0 Å². The second-order valence-electron chi connectivity index (χ2n) is 5.45. The lowest BCUT2D eigenvalue weighted by atomic mass is 10.1. The summed E-state index contributed by atoms with van der Waals surface area (Å²) in [5.41, 5.74) is 1.21. The zero-order valence-corrected chi connectivity index (χ0v) is 13.6. The quantitative estimate of drug-likeness (QED) is 0.459. The molecule has 0 aliphatic carbocycles. The molecule has 0 N–H and O–H groups in total. The van der Waals surface area contributed by atoms with E-state index in [1.165, 1.54) is 12.3 Å². The lowest BCUT2D eigenvalue weighted by Gasteiger charge is -2.25. The van der Waals surface area contributed by atoms with Gasteiger partial charge in [-0.3, -0.25) is 0 Å². The maximum Gasteiger partial charge on any atom is 0.333 e. The highest BCUT2D eigenvalue weighted by atomic mass is 35.5. The number of hydrogen-bond acceptors (Lipinski definition) is 4. The maximum absolute atomic E-state index is 14.0. The number of aromatic nitrogens is 1. The first-order valence-corrected chi connectivity index (χ1v) is 7.66. The van der Waals surface area contributed by atoms with E-state index >= 15 is 0 Å². The van der Waals surface area contributed by atoms with Crippen LogP contribution in [0, 0.1) is 17.5 Å². The average Bonchev–Trinajstić information content (AvgIpc) is 3.00. The third-order valence-electron chi connectivity index (χ3n) is 3.67. The number of cyclic esters (lactones) is 1. The molecule has 1 aliphatic heterocycles. The Bertz CT molecular complexity index is 841. The van der Waals surface area contributed by atoms with Crippen LogP contribution in [-0.2, 0) is 22.6 Å². The zero-order chi connectivity index (χ0) is 18.0. The normalized spacial score (nSPS) is 13.6. The Morgan fingerprint density at radius 2 is 1.88 bits per heavy atom. The summed E-state index contributed by atoms with van der Waals surface area (Å²) in [5, 5.41) is 0.320. The van der Waals surface area contributed by atoms with Gasteiger partial charge in [-0.15, -0.1) is 0 Å². The number of benzene rings is 1. The monoisotopic (exact) mass is 368 g/mol. The zero-order valence-electron chi connectivity index (χ0n) is 12.8. The van der Waals surface area contributed by atoms with Crippen molar-refractivity contribution in [2.45, 2.75) is 13.1 Å². The van der Waals surface area contributed by atoms with Crippen LogP contribution in [0.4, 0.5) is 13.2 Å². The van der Waals surface area contributed by atoms with Crippen LogP contribution in [-0.4, -0.2) is 22.5 Å². The molecule has 8 heteroatoms. The number of carbonyl (C=O) groups is 1. The molecule has 0 saturated heterocycles. The van der Waals surface area contributed by atoms with E-state index in [4.69, 9.17) is 16.3 Å². The molecular formula is C17H12ClF3N2O2. The number of nitrogens with zero attached hydrogens (tertiary/aromatic N) is 2. The molecule has 4 nitrogen and oxygen atoms in total. The van der Waals surface area contributed by atoms with Crippen molar-refractivity contribution in [3.63, 3.8) is 0 Å². The third kappa shape index (κ3) is 4.11. The van der Waals surface area contributed by atoms with Crippen LogP contribution in [0.3, 0.4) is 0 Å². The van der Waals surface area contributed by atoms with Gasteiger partial charge in [0.2, 0.25) is 0 Å². The Morgan fingerprint density at radius 1 is 1.12 bits per heavy atom.